The fraction of sp³-hybridized carbons (Fsp3) is 0.333. The SMILES string of the molecule is CNC(=O)[C@H](C)N(Cc1c(Cl)cccc1Cl)C(=O)COc1cc(C)ccc1C. The normalized spacial score (nSPS) is 11.6. The van der Waals surface area contributed by atoms with Gasteiger partial charge in [0, 0.05) is 29.2 Å². The minimum atomic E-state index is -0.716. The van der Waals surface area contributed by atoms with Gasteiger partial charge in [0.15, 0.2) is 6.61 Å². The molecule has 1 atom stereocenters. The molecule has 1 N–H and O–H groups in total. The summed E-state index contributed by atoms with van der Waals surface area (Å²) in [6.45, 7) is 5.41. The van der Waals surface area contributed by atoms with E-state index < -0.39 is 6.04 Å². The Kier molecular flexibility index (Phi) is 7.72. The van der Waals surface area contributed by atoms with E-state index in [9.17, 15) is 9.59 Å². The first-order valence-corrected chi connectivity index (χ1v) is 9.64. The van der Waals surface area contributed by atoms with Crippen molar-refractivity contribution in [1.82, 2.24) is 10.2 Å². The maximum absolute atomic E-state index is 12.9. The van der Waals surface area contributed by atoms with Crippen LogP contribution in [0.3, 0.4) is 0 Å². The average Bonchev–Trinajstić information content (AvgIpc) is 2.67. The number of amides is 2. The van der Waals surface area contributed by atoms with Gasteiger partial charge < -0.3 is 15.0 Å². The minimum absolute atomic E-state index is 0.0993. The van der Waals surface area contributed by atoms with Crippen molar-refractivity contribution in [3.8, 4) is 5.75 Å². The Hall–Kier alpha value is -2.24. The van der Waals surface area contributed by atoms with E-state index in [2.05, 4.69) is 5.32 Å². The summed E-state index contributed by atoms with van der Waals surface area (Å²) in [6.07, 6.45) is 0. The molecule has 150 valence electrons. The van der Waals surface area contributed by atoms with Gasteiger partial charge in [-0.25, -0.2) is 0 Å². The largest absolute Gasteiger partial charge is 0.483 e. The van der Waals surface area contributed by atoms with Crippen LogP contribution in [0.1, 0.15) is 23.6 Å². The van der Waals surface area contributed by atoms with E-state index in [4.69, 9.17) is 27.9 Å². The van der Waals surface area contributed by atoms with E-state index in [-0.39, 0.29) is 25.0 Å². The summed E-state index contributed by atoms with van der Waals surface area (Å²) in [4.78, 5) is 26.5. The van der Waals surface area contributed by atoms with Crippen molar-refractivity contribution in [2.45, 2.75) is 33.4 Å². The summed E-state index contributed by atoms with van der Waals surface area (Å²) in [5.41, 5.74) is 2.55. The maximum Gasteiger partial charge on any atom is 0.261 e. The molecule has 0 unspecified atom stereocenters. The number of ether oxygens (including phenoxy) is 1. The lowest BCUT2D eigenvalue weighted by Crippen LogP contribution is -2.48. The second-order valence-electron chi connectivity index (χ2n) is 6.57. The second-order valence-corrected chi connectivity index (χ2v) is 7.38. The van der Waals surface area contributed by atoms with Gasteiger partial charge in [0.05, 0.1) is 0 Å². The molecule has 0 spiro atoms. The fourth-order valence-electron chi connectivity index (χ4n) is 2.73. The highest BCUT2D eigenvalue weighted by Crippen LogP contribution is 2.27. The van der Waals surface area contributed by atoms with Crippen LogP contribution in [-0.4, -0.2) is 36.4 Å². The van der Waals surface area contributed by atoms with Crippen molar-refractivity contribution < 1.29 is 14.3 Å². The number of benzene rings is 2. The van der Waals surface area contributed by atoms with Gasteiger partial charge >= 0.3 is 0 Å². The molecule has 0 aliphatic heterocycles. The minimum Gasteiger partial charge on any atom is -0.483 e. The highest BCUT2D eigenvalue weighted by molar-refractivity contribution is 6.36. The Morgan fingerprint density at radius 3 is 2.39 bits per heavy atom. The molecule has 0 bridgehead atoms. The van der Waals surface area contributed by atoms with Gasteiger partial charge in [0.25, 0.3) is 5.91 Å². The molecule has 28 heavy (non-hydrogen) atoms. The average molecular weight is 423 g/mol. The number of aryl methyl sites for hydroxylation is 2. The number of hydrogen-bond acceptors (Lipinski definition) is 3. The van der Waals surface area contributed by atoms with E-state index in [1.54, 1.807) is 25.1 Å². The first-order valence-electron chi connectivity index (χ1n) is 8.88. The van der Waals surface area contributed by atoms with Gasteiger partial charge in [-0.2, -0.15) is 0 Å². The van der Waals surface area contributed by atoms with E-state index in [0.29, 0.717) is 21.4 Å². The van der Waals surface area contributed by atoms with Crippen LogP contribution in [0.5, 0.6) is 5.75 Å². The number of halogens is 2. The molecule has 0 radical (unpaired) electrons. The Balaban J connectivity index is 2.24. The number of hydrogen-bond donors (Lipinski definition) is 1. The van der Waals surface area contributed by atoms with Crippen molar-refractivity contribution in [3.05, 3.63) is 63.1 Å². The summed E-state index contributed by atoms with van der Waals surface area (Å²) < 4.78 is 5.73. The van der Waals surface area contributed by atoms with Crippen LogP contribution in [0, 0.1) is 13.8 Å². The first kappa shape index (κ1) is 22.1. The Morgan fingerprint density at radius 2 is 1.79 bits per heavy atom. The molecule has 2 amide bonds. The topological polar surface area (TPSA) is 58.6 Å². The number of nitrogens with one attached hydrogen (secondary N) is 1. The number of rotatable bonds is 7. The smallest absolute Gasteiger partial charge is 0.261 e. The van der Waals surface area contributed by atoms with Crippen molar-refractivity contribution in [2.75, 3.05) is 13.7 Å². The Labute approximate surface area is 175 Å². The zero-order chi connectivity index (χ0) is 20.8. The molecule has 0 aliphatic carbocycles. The predicted molar refractivity (Wildman–Crippen MR) is 112 cm³/mol. The molecule has 7 heteroatoms. The fourth-order valence-corrected chi connectivity index (χ4v) is 3.25. The van der Waals surface area contributed by atoms with Crippen molar-refractivity contribution in [3.63, 3.8) is 0 Å². The molecular formula is C21H24Cl2N2O3. The third kappa shape index (κ3) is 5.40. The molecule has 2 aromatic carbocycles. The zero-order valence-electron chi connectivity index (χ0n) is 16.4. The standard InChI is InChI=1S/C21H24Cl2N2O3/c1-13-8-9-14(2)19(10-13)28-12-20(26)25(15(3)21(27)24-4)11-16-17(22)6-5-7-18(16)23/h5-10,15H,11-12H2,1-4H3,(H,24,27)/t15-/m0/s1. The summed E-state index contributed by atoms with van der Waals surface area (Å²) >= 11 is 12.5. The van der Waals surface area contributed by atoms with Gasteiger partial charge in [-0.05, 0) is 50.1 Å². The third-order valence-corrected chi connectivity index (χ3v) is 5.21. The zero-order valence-corrected chi connectivity index (χ0v) is 17.9. The number of likely N-dealkylation sites (N-methyl/N-ethyl adjacent to an activating group) is 1. The second kappa shape index (κ2) is 9.80. The van der Waals surface area contributed by atoms with Gasteiger partial charge in [-0.1, -0.05) is 41.4 Å². The van der Waals surface area contributed by atoms with Crippen LogP contribution in [-0.2, 0) is 16.1 Å². The molecule has 0 aliphatic rings. The Morgan fingerprint density at radius 1 is 1.14 bits per heavy atom. The quantitative estimate of drug-likeness (QED) is 0.728. The van der Waals surface area contributed by atoms with E-state index >= 15 is 0 Å². The lowest BCUT2D eigenvalue weighted by Gasteiger charge is -2.29. The van der Waals surface area contributed by atoms with Gasteiger partial charge in [-0.15, -0.1) is 0 Å². The molecule has 0 aromatic heterocycles. The van der Waals surface area contributed by atoms with Gasteiger partial charge in [0.2, 0.25) is 5.91 Å². The third-order valence-electron chi connectivity index (χ3n) is 4.50. The summed E-state index contributed by atoms with van der Waals surface area (Å²) in [5, 5.41) is 3.44. The lowest BCUT2D eigenvalue weighted by atomic mass is 10.1. The van der Waals surface area contributed by atoms with Crippen LogP contribution in [0.4, 0.5) is 0 Å². The first-order chi connectivity index (χ1) is 13.2. The lowest BCUT2D eigenvalue weighted by molar-refractivity contribution is -0.142. The summed E-state index contributed by atoms with van der Waals surface area (Å²) in [6, 6.07) is 10.2. The van der Waals surface area contributed by atoms with Crippen molar-refractivity contribution in [2.24, 2.45) is 0 Å². The van der Waals surface area contributed by atoms with Crippen LogP contribution in [0.25, 0.3) is 0 Å². The highest BCUT2D eigenvalue weighted by atomic mass is 35.5. The molecule has 0 heterocycles. The summed E-state index contributed by atoms with van der Waals surface area (Å²) in [7, 11) is 1.52. The van der Waals surface area contributed by atoms with Crippen molar-refractivity contribution in [1.29, 1.82) is 0 Å². The van der Waals surface area contributed by atoms with Crippen LogP contribution in [0.15, 0.2) is 36.4 Å². The van der Waals surface area contributed by atoms with E-state index in [1.807, 2.05) is 32.0 Å². The van der Waals surface area contributed by atoms with Crippen LogP contribution < -0.4 is 10.1 Å². The van der Waals surface area contributed by atoms with Gasteiger partial charge in [-0.3, -0.25) is 9.59 Å². The van der Waals surface area contributed by atoms with E-state index in [0.717, 1.165) is 11.1 Å². The molecule has 5 nitrogen and oxygen atoms in total. The maximum atomic E-state index is 12.9. The van der Waals surface area contributed by atoms with Crippen molar-refractivity contribution >= 4 is 35.0 Å². The molecular weight excluding hydrogens is 399 g/mol. The number of carbonyl (C=O) groups is 2. The molecule has 0 saturated carbocycles. The van der Waals surface area contributed by atoms with Crippen LogP contribution in [0.2, 0.25) is 10.0 Å². The van der Waals surface area contributed by atoms with E-state index in [1.165, 1.54) is 11.9 Å². The number of carbonyl (C=O) groups excluding carboxylic acids is 2. The molecule has 2 aromatic rings. The molecule has 0 fully saturated rings. The predicted octanol–water partition coefficient (Wildman–Crippen LogP) is 4.15. The molecule has 2 rings (SSSR count). The summed E-state index contributed by atoms with van der Waals surface area (Å²) in [5.74, 6) is 0.00734. The van der Waals surface area contributed by atoms with Gasteiger partial charge in [0.1, 0.15) is 11.8 Å². The highest BCUT2D eigenvalue weighted by Gasteiger charge is 2.27. The monoisotopic (exact) mass is 422 g/mol. The Bertz CT molecular complexity index is 850. The molecule has 0 saturated heterocycles. The van der Waals surface area contributed by atoms with Crippen LogP contribution >= 0.6 is 23.2 Å². The number of nitrogens with zero attached hydrogens (tertiary/aromatic N) is 1.